The lowest BCUT2D eigenvalue weighted by Gasteiger charge is -2.40. The summed E-state index contributed by atoms with van der Waals surface area (Å²) in [6.07, 6.45) is 0. The number of para-hydroxylation sites is 3. The second-order valence-corrected chi connectivity index (χ2v) is 10.3. The Kier molecular flexibility index (Phi) is 5.63. The number of halogens is 2. The number of nitrogens with zero attached hydrogens (tertiary/aromatic N) is 5. The molecule has 3 heterocycles. The SMILES string of the molecule is Cc1nn(-c2ccccc2)c2c1[C@@H](c1ccccc1F)N1C(=N2)C(Nc2ccc(Br)cc2)=Nc2ccccc21. The van der Waals surface area contributed by atoms with E-state index < -0.39 is 6.04 Å². The maximum absolute atomic E-state index is 15.6. The Morgan fingerprint density at radius 3 is 2.33 bits per heavy atom. The Bertz CT molecular complexity index is 1780. The Labute approximate surface area is 233 Å². The lowest BCUT2D eigenvalue weighted by molar-refractivity contribution is 0.597. The van der Waals surface area contributed by atoms with Gasteiger partial charge in [-0.05, 0) is 61.5 Å². The highest BCUT2D eigenvalue weighted by Crippen LogP contribution is 2.48. The van der Waals surface area contributed by atoms with Gasteiger partial charge in [0.25, 0.3) is 0 Å². The van der Waals surface area contributed by atoms with E-state index in [4.69, 9.17) is 15.1 Å². The number of rotatable bonds is 3. The van der Waals surface area contributed by atoms with Crippen LogP contribution in [0.1, 0.15) is 22.9 Å². The molecule has 0 fully saturated rings. The smallest absolute Gasteiger partial charge is 0.179 e. The average Bonchev–Trinajstić information content (AvgIpc) is 3.30. The number of amidine groups is 2. The van der Waals surface area contributed by atoms with Crippen molar-refractivity contribution in [3.05, 3.63) is 130 Å². The molecule has 6 nitrogen and oxygen atoms in total. The van der Waals surface area contributed by atoms with Gasteiger partial charge in [-0.1, -0.05) is 64.5 Å². The molecule has 5 aromatic rings. The van der Waals surface area contributed by atoms with Gasteiger partial charge in [0.2, 0.25) is 0 Å². The Morgan fingerprint density at radius 1 is 0.821 bits per heavy atom. The first kappa shape index (κ1) is 23.5. The van der Waals surface area contributed by atoms with E-state index in [0.717, 1.165) is 38.5 Å². The summed E-state index contributed by atoms with van der Waals surface area (Å²) in [5.74, 6) is 1.53. The first-order valence-electron chi connectivity index (χ1n) is 12.6. The summed E-state index contributed by atoms with van der Waals surface area (Å²) in [6, 6.07) is 32.0. The molecule has 0 radical (unpaired) electrons. The molecule has 0 bridgehead atoms. The van der Waals surface area contributed by atoms with Crippen molar-refractivity contribution in [1.29, 1.82) is 0 Å². The van der Waals surface area contributed by atoms with Crippen LogP contribution in [-0.2, 0) is 0 Å². The number of benzene rings is 4. The van der Waals surface area contributed by atoms with Crippen LogP contribution in [0.3, 0.4) is 0 Å². The molecule has 0 amide bonds. The number of fused-ring (bicyclic) bond motifs is 4. The monoisotopic (exact) mass is 576 g/mol. The normalized spacial score (nSPS) is 15.6. The second-order valence-electron chi connectivity index (χ2n) is 9.38. The molecule has 1 N–H and O–H groups in total. The second kappa shape index (κ2) is 9.32. The summed E-state index contributed by atoms with van der Waals surface area (Å²) >= 11 is 3.50. The van der Waals surface area contributed by atoms with Crippen LogP contribution in [0.15, 0.2) is 118 Å². The zero-order chi connectivity index (χ0) is 26.5. The van der Waals surface area contributed by atoms with Crippen LogP contribution in [-0.4, -0.2) is 21.5 Å². The van der Waals surface area contributed by atoms with Gasteiger partial charge in [0, 0.05) is 21.3 Å². The number of hydrogen-bond donors (Lipinski definition) is 1. The van der Waals surface area contributed by atoms with E-state index in [2.05, 4.69) is 26.1 Å². The Morgan fingerprint density at radius 2 is 1.54 bits per heavy atom. The number of hydrogen-bond acceptors (Lipinski definition) is 5. The van der Waals surface area contributed by atoms with E-state index in [1.807, 2.05) is 103 Å². The fourth-order valence-corrected chi connectivity index (χ4v) is 5.47. The molecule has 0 saturated carbocycles. The molecule has 1 atom stereocenters. The highest BCUT2D eigenvalue weighted by molar-refractivity contribution is 9.10. The van der Waals surface area contributed by atoms with Gasteiger partial charge in [-0.3, -0.25) is 0 Å². The molecule has 0 unspecified atom stereocenters. The number of aliphatic imine (C=N–C) groups is 2. The summed E-state index contributed by atoms with van der Waals surface area (Å²) in [6.45, 7) is 1.96. The molecule has 0 saturated heterocycles. The van der Waals surface area contributed by atoms with Gasteiger partial charge >= 0.3 is 0 Å². The molecule has 1 aromatic heterocycles. The molecule has 190 valence electrons. The topological polar surface area (TPSA) is 57.8 Å². The number of nitrogens with one attached hydrogen (secondary N) is 1. The Hall–Kier alpha value is -4.56. The summed E-state index contributed by atoms with van der Waals surface area (Å²) in [7, 11) is 0. The first-order chi connectivity index (χ1) is 19.1. The lowest BCUT2D eigenvalue weighted by atomic mass is 9.93. The van der Waals surface area contributed by atoms with Crippen LogP contribution in [0.25, 0.3) is 5.69 Å². The van der Waals surface area contributed by atoms with Crippen LogP contribution < -0.4 is 10.2 Å². The third kappa shape index (κ3) is 3.95. The summed E-state index contributed by atoms with van der Waals surface area (Å²) in [5.41, 5.74) is 5.54. The third-order valence-corrected chi connectivity index (χ3v) is 7.47. The third-order valence-electron chi connectivity index (χ3n) is 6.95. The van der Waals surface area contributed by atoms with Crippen molar-refractivity contribution in [3.8, 4) is 5.69 Å². The van der Waals surface area contributed by atoms with E-state index in [1.165, 1.54) is 6.07 Å². The molecule has 2 aliphatic rings. The Balaban J connectivity index is 1.51. The summed E-state index contributed by atoms with van der Waals surface area (Å²) in [5, 5.41) is 8.36. The van der Waals surface area contributed by atoms with Crippen molar-refractivity contribution in [1.82, 2.24) is 9.78 Å². The van der Waals surface area contributed by atoms with Crippen LogP contribution in [0.5, 0.6) is 0 Å². The number of anilines is 2. The fraction of sp³-hybridized carbons (Fsp3) is 0.0645. The zero-order valence-corrected chi connectivity index (χ0v) is 22.5. The molecular formula is C31H22BrFN6. The van der Waals surface area contributed by atoms with Crippen molar-refractivity contribution in [2.45, 2.75) is 13.0 Å². The summed E-state index contributed by atoms with van der Waals surface area (Å²) < 4.78 is 18.4. The van der Waals surface area contributed by atoms with E-state index in [-0.39, 0.29) is 5.82 Å². The lowest BCUT2D eigenvalue weighted by Crippen LogP contribution is -2.46. The van der Waals surface area contributed by atoms with E-state index in [0.29, 0.717) is 23.1 Å². The molecule has 7 rings (SSSR count). The standard InChI is InChI=1S/C31H22BrFN6/c1-19-27-28(23-11-5-6-12-24(23)33)38-26-14-8-7-13-25(26)35-29(34-21-17-15-20(32)16-18-21)31(38)36-30(27)39(37-19)22-9-3-2-4-10-22/h2-18,28H,1H3,(H,34,35)/t28-/m1/s1. The predicted octanol–water partition coefficient (Wildman–Crippen LogP) is 7.88. The molecule has 39 heavy (non-hydrogen) atoms. The van der Waals surface area contributed by atoms with Crippen LogP contribution >= 0.6 is 15.9 Å². The van der Waals surface area contributed by atoms with Crippen molar-refractivity contribution >= 4 is 50.5 Å². The van der Waals surface area contributed by atoms with Crippen LogP contribution in [0.4, 0.5) is 27.3 Å². The zero-order valence-electron chi connectivity index (χ0n) is 20.9. The minimum Gasteiger partial charge on any atom is -0.337 e. The quantitative estimate of drug-likeness (QED) is 0.237. The first-order valence-corrected chi connectivity index (χ1v) is 13.4. The molecule has 8 heteroatoms. The van der Waals surface area contributed by atoms with E-state index in [9.17, 15) is 0 Å². The highest BCUT2D eigenvalue weighted by Gasteiger charge is 2.42. The van der Waals surface area contributed by atoms with Crippen molar-refractivity contribution in [2.24, 2.45) is 9.98 Å². The van der Waals surface area contributed by atoms with Gasteiger partial charge in [0.05, 0.1) is 28.8 Å². The van der Waals surface area contributed by atoms with Gasteiger partial charge < -0.3 is 10.2 Å². The van der Waals surface area contributed by atoms with Crippen molar-refractivity contribution in [2.75, 3.05) is 10.2 Å². The van der Waals surface area contributed by atoms with Gasteiger partial charge in [0.15, 0.2) is 17.5 Å². The van der Waals surface area contributed by atoms with Gasteiger partial charge in [-0.2, -0.15) is 5.10 Å². The highest BCUT2D eigenvalue weighted by atomic mass is 79.9. The largest absolute Gasteiger partial charge is 0.337 e. The molecule has 4 aromatic carbocycles. The molecule has 0 spiro atoms. The fourth-order valence-electron chi connectivity index (χ4n) is 5.21. The average molecular weight is 577 g/mol. The maximum Gasteiger partial charge on any atom is 0.179 e. The minimum absolute atomic E-state index is 0.288. The minimum atomic E-state index is -0.510. The van der Waals surface area contributed by atoms with E-state index in [1.54, 1.807) is 6.07 Å². The van der Waals surface area contributed by atoms with Crippen molar-refractivity contribution in [3.63, 3.8) is 0 Å². The maximum atomic E-state index is 15.6. The molecule has 2 aliphatic heterocycles. The van der Waals surface area contributed by atoms with Crippen molar-refractivity contribution < 1.29 is 4.39 Å². The molecule has 0 aliphatic carbocycles. The number of aromatic nitrogens is 2. The van der Waals surface area contributed by atoms with E-state index >= 15 is 4.39 Å². The van der Waals surface area contributed by atoms with Crippen LogP contribution in [0, 0.1) is 12.7 Å². The van der Waals surface area contributed by atoms with Crippen LogP contribution in [0.2, 0.25) is 0 Å². The van der Waals surface area contributed by atoms with Gasteiger partial charge in [0.1, 0.15) is 5.82 Å². The summed E-state index contributed by atoms with van der Waals surface area (Å²) in [4.78, 5) is 12.2. The molecular weight excluding hydrogens is 555 g/mol. The predicted molar refractivity (Wildman–Crippen MR) is 157 cm³/mol. The van der Waals surface area contributed by atoms with Gasteiger partial charge in [-0.15, -0.1) is 0 Å². The van der Waals surface area contributed by atoms with Gasteiger partial charge in [-0.25, -0.2) is 19.1 Å². The number of aryl methyl sites for hydroxylation is 1.